The Kier molecular flexibility index (Phi) is 3.36. The van der Waals surface area contributed by atoms with E-state index in [0.717, 1.165) is 12.1 Å². The van der Waals surface area contributed by atoms with E-state index in [1.54, 1.807) is 0 Å². The topological polar surface area (TPSA) is 43.1 Å². The first-order chi connectivity index (χ1) is 3.29. The minimum atomic E-state index is 0. The van der Waals surface area contributed by atoms with Crippen LogP contribution < -0.4 is 35.3 Å². The number of rotatable bonds is 0. The fraction of sp³-hybridized carbons (Fsp3) is 0.400. The van der Waals surface area contributed by atoms with Crippen molar-refractivity contribution in [3.8, 4) is 0 Å². The fourth-order valence-electron chi connectivity index (χ4n) is 0.619. The zero-order valence-corrected chi connectivity index (χ0v) is 6.98. The first kappa shape index (κ1) is 8.21. The average molecular weight is 120 g/mol. The van der Waals surface area contributed by atoms with E-state index in [-0.39, 0.29) is 35.3 Å². The number of carbonyl (C=O) groups is 1. The van der Waals surface area contributed by atoms with E-state index in [9.17, 15) is 4.79 Å². The summed E-state index contributed by atoms with van der Waals surface area (Å²) in [5.41, 5.74) is 5.99. The van der Waals surface area contributed by atoms with Crippen molar-refractivity contribution in [2.45, 2.75) is 12.8 Å². The van der Waals surface area contributed by atoms with Gasteiger partial charge in [0.25, 0.3) is 0 Å². The van der Waals surface area contributed by atoms with Gasteiger partial charge >= 0.3 is 29.6 Å². The van der Waals surface area contributed by atoms with Crippen LogP contribution in [0.15, 0.2) is 11.8 Å². The number of hydrogen-bond acceptors (Lipinski definition) is 2. The largest absolute Gasteiger partial charge is 1.00 e. The monoisotopic (exact) mass is 120 g/mol. The number of carbonyl (C=O) groups excluding carboxylic acids is 1. The molecule has 0 aromatic carbocycles. The van der Waals surface area contributed by atoms with E-state index in [0.29, 0.717) is 6.42 Å². The van der Waals surface area contributed by atoms with Crippen LogP contribution in [-0.2, 0) is 4.79 Å². The normalized spacial score (nSPS) is 17.5. The summed E-state index contributed by atoms with van der Waals surface area (Å²) in [6.07, 6.45) is 2.88. The summed E-state index contributed by atoms with van der Waals surface area (Å²) in [6.45, 7) is 0. The molecular weight excluding hydrogens is 113 g/mol. The Bertz CT molecular complexity index is 130. The minimum absolute atomic E-state index is 0. The zero-order chi connectivity index (χ0) is 5.28. The number of hydrogen-bond donors (Lipinski definition) is 1. The van der Waals surface area contributed by atoms with E-state index in [1.165, 1.54) is 6.08 Å². The summed E-state index contributed by atoms with van der Waals surface area (Å²) < 4.78 is 0. The van der Waals surface area contributed by atoms with E-state index < -0.39 is 0 Å². The van der Waals surface area contributed by atoms with Crippen molar-refractivity contribution in [2.24, 2.45) is 5.73 Å². The van der Waals surface area contributed by atoms with Crippen molar-refractivity contribution in [3.05, 3.63) is 11.8 Å². The number of allylic oxidation sites excluding steroid dienone is 2. The van der Waals surface area contributed by atoms with E-state index >= 15 is 0 Å². The fourth-order valence-corrected chi connectivity index (χ4v) is 0.619. The molecule has 38 valence electrons. The van der Waals surface area contributed by atoms with Crippen LogP contribution in [0.2, 0.25) is 0 Å². The van der Waals surface area contributed by atoms with Crippen molar-refractivity contribution in [3.63, 3.8) is 0 Å². The van der Waals surface area contributed by atoms with Crippen molar-refractivity contribution in [2.75, 3.05) is 0 Å². The molecule has 0 radical (unpaired) electrons. The molecule has 0 atom stereocenters. The quantitative estimate of drug-likeness (QED) is 0.351. The number of ketones is 1. The van der Waals surface area contributed by atoms with Crippen LogP contribution in [0.25, 0.3) is 0 Å². The first-order valence-electron chi connectivity index (χ1n) is 2.28. The molecule has 0 saturated carbocycles. The van der Waals surface area contributed by atoms with Gasteiger partial charge in [-0.3, -0.25) is 4.79 Å². The van der Waals surface area contributed by atoms with Crippen LogP contribution in [0.1, 0.15) is 12.8 Å². The van der Waals surface area contributed by atoms with Gasteiger partial charge in [-0.05, 0) is 12.5 Å². The third-order valence-corrected chi connectivity index (χ3v) is 1.01. The maximum absolute atomic E-state index is 10.3. The second-order valence-corrected chi connectivity index (χ2v) is 1.69. The summed E-state index contributed by atoms with van der Waals surface area (Å²) >= 11 is 0. The summed E-state index contributed by atoms with van der Waals surface area (Å²) in [6, 6.07) is 0. The Hall–Kier alpha value is 0.210. The van der Waals surface area contributed by atoms with Crippen LogP contribution in [0.3, 0.4) is 0 Å². The van der Waals surface area contributed by atoms with Gasteiger partial charge < -0.3 is 5.73 Å². The standard InChI is InChI=1S/C5H7NO.Na/c6-4-1-2-5(7)3-4;/h3H,1-2,6H2;/q;+1. The third-order valence-electron chi connectivity index (χ3n) is 1.01. The van der Waals surface area contributed by atoms with Gasteiger partial charge in [0.15, 0.2) is 5.78 Å². The maximum atomic E-state index is 10.3. The first-order valence-corrected chi connectivity index (χ1v) is 2.28. The van der Waals surface area contributed by atoms with Crippen LogP contribution in [-0.4, -0.2) is 5.78 Å². The number of nitrogens with two attached hydrogens (primary N) is 1. The molecule has 2 nitrogen and oxygen atoms in total. The Balaban J connectivity index is 0.000000490. The second kappa shape index (κ2) is 3.28. The zero-order valence-electron chi connectivity index (χ0n) is 4.98. The van der Waals surface area contributed by atoms with Crippen LogP contribution in [0, 0.1) is 0 Å². The molecule has 1 aliphatic rings. The average Bonchev–Trinajstić information content (AvgIpc) is 1.87. The SMILES string of the molecule is NC1=CC(=O)CC1.[Na+]. The summed E-state index contributed by atoms with van der Waals surface area (Å²) in [4.78, 5) is 10.3. The molecule has 1 aliphatic carbocycles. The second-order valence-electron chi connectivity index (χ2n) is 1.69. The molecule has 0 aromatic rings. The summed E-state index contributed by atoms with van der Waals surface area (Å²) in [5.74, 6) is 0.164. The van der Waals surface area contributed by atoms with Crippen LogP contribution in [0.4, 0.5) is 0 Å². The van der Waals surface area contributed by atoms with Crippen molar-refractivity contribution >= 4 is 5.78 Å². The molecule has 0 aliphatic heterocycles. The third kappa shape index (κ3) is 1.99. The van der Waals surface area contributed by atoms with Gasteiger partial charge in [-0.25, -0.2) is 0 Å². The van der Waals surface area contributed by atoms with Gasteiger partial charge in [-0.2, -0.15) is 0 Å². The molecule has 0 bridgehead atoms. The Morgan fingerprint density at radius 1 is 1.50 bits per heavy atom. The Labute approximate surface area is 70.4 Å². The molecule has 0 amide bonds. The van der Waals surface area contributed by atoms with E-state index in [4.69, 9.17) is 5.73 Å². The van der Waals surface area contributed by atoms with Gasteiger partial charge in [0.05, 0.1) is 0 Å². The molecular formula is C5H7NNaO+. The molecule has 1 rings (SSSR count). The predicted molar refractivity (Wildman–Crippen MR) is 26.5 cm³/mol. The predicted octanol–water partition coefficient (Wildman–Crippen LogP) is -2.80. The molecule has 0 aromatic heterocycles. The van der Waals surface area contributed by atoms with Crippen LogP contribution in [0.5, 0.6) is 0 Å². The minimum Gasteiger partial charge on any atom is -0.402 e. The Morgan fingerprint density at radius 2 is 2.12 bits per heavy atom. The molecule has 0 heterocycles. The van der Waals surface area contributed by atoms with E-state index in [1.807, 2.05) is 0 Å². The summed E-state index contributed by atoms with van der Waals surface area (Å²) in [5, 5.41) is 0. The smallest absolute Gasteiger partial charge is 0.402 e. The molecule has 0 unspecified atom stereocenters. The van der Waals surface area contributed by atoms with Gasteiger partial charge in [-0.15, -0.1) is 0 Å². The van der Waals surface area contributed by atoms with Crippen LogP contribution >= 0.6 is 0 Å². The van der Waals surface area contributed by atoms with Gasteiger partial charge in [-0.1, -0.05) is 0 Å². The van der Waals surface area contributed by atoms with Gasteiger partial charge in [0.2, 0.25) is 0 Å². The molecule has 2 N–H and O–H groups in total. The molecule has 8 heavy (non-hydrogen) atoms. The molecule has 0 fully saturated rings. The maximum Gasteiger partial charge on any atom is 1.00 e. The van der Waals surface area contributed by atoms with Gasteiger partial charge in [0.1, 0.15) is 0 Å². The van der Waals surface area contributed by atoms with Crippen molar-refractivity contribution in [1.29, 1.82) is 0 Å². The van der Waals surface area contributed by atoms with E-state index in [2.05, 4.69) is 0 Å². The Morgan fingerprint density at radius 3 is 2.25 bits per heavy atom. The molecule has 0 spiro atoms. The van der Waals surface area contributed by atoms with Crippen molar-refractivity contribution in [1.82, 2.24) is 0 Å². The molecule has 3 heteroatoms. The summed E-state index contributed by atoms with van der Waals surface area (Å²) in [7, 11) is 0. The van der Waals surface area contributed by atoms with Crippen molar-refractivity contribution < 1.29 is 34.4 Å². The van der Waals surface area contributed by atoms with Gasteiger partial charge in [0, 0.05) is 12.1 Å². The molecule has 0 saturated heterocycles.